The highest BCUT2D eigenvalue weighted by Gasteiger charge is 2.27. The molecule has 2 heterocycles. The first-order valence-electron chi connectivity index (χ1n) is 9.67. The van der Waals surface area contributed by atoms with E-state index in [9.17, 15) is 9.59 Å². The van der Waals surface area contributed by atoms with Crippen LogP contribution in [0, 0.1) is 0 Å². The van der Waals surface area contributed by atoms with Gasteiger partial charge in [-0.2, -0.15) is 0 Å². The molecule has 0 saturated carbocycles. The van der Waals surface area contributed by atoms with Gasteiger partial charge in [-0.25, -0.2) is 4.98 Å². The number of thioether (sulfide) groups is 1. The summed E-state index contributed by atoms with van der Waals surface area (Å²) in [5.41, 5.74) is 0.839. The van der Waals surface area contributed by atoms with E-state index in [4.69, 9.17) is 0 Å². The van der Waals surface area contributed by atoms with E-state index in [1.807, 2.05) is 0 Å². The van der Waals surface area contributed by atoms with Gasteiger partial charge in [0.1, 0.15) is 0 Å². The quantitative estimate of drug-likeness (QED) is 0.480. The molecule has 1 amide bonds. The van der Waals surface area contributed by atoms with Crippen molar-refractivity contribution in [1.82, 2.24) is 14.9 Å². The number of aryl methyl sites for hydroxylation is 1. The zero-order valence-electron chi connectivity index (χ0n) is 15.6. The third-order valence-electron chi connectivity index (χ3n) is 4.52. The lowest BCUT2D eigenvalue weighted by Crippen LogP contribution is -2.31. The number of unbranched alkanes of at least 4 members (excludes halogenated alkanes) is 5. The fourth-order valence-corrected chi connectivity index (χ4v) is 4.32. The Labute approximate surface area is 155 Å². The Kier molecular flexibility index (Phi) is 8.52. The van der Waals surface area contributed by atoms with Crippen molar-refractivity contribution in [3.05, 3.63) is 22.1 Å². The second-order valence-electron chi connectivity index (χ2n) is 6.77. The summed E-state index contributed by atoms with van der Waals surface area (Å²) in [6.07, 6.45) is 9.47. The van der Waals surface area contributed by atoms with Crippen LogP contribution in [0.3, 0.4) is 0 Å². The van der Waals surface area contributed by atoms with Crippen LogP contribution in [-0.2, 0) is 11.2 Å². The van der Waals surface area contributed by atoms with E-state index < -0.39 is 0 Å². The molecular formula is C19H31N3O2S. The van der Waals surface area contributed by atoms with Gasteiger partial charge in [0, 0.05) is 30.5 Å². The Balaban J connectivity index is 1.77. The number of fused-ring (bicyclic) bond motifs is 1. The second-order valence-corrected chi connectivity index (χ2v) is 7.76. The van der Waals surface area contributed by atoms with Crippen LogP contribution in [0.25, 0.3) is 0 Å². The first kappa shape index (κ1) is 20.0. The van der Waals surface area contributed by atoms with Crippen LogP contribution >= 0.6 is 11.8 Å². The van der Waals surface area contributed by atoms with E-state index in [1.165, 1.54) is 32.1 Å². The van der Waals surface area contributed by atoms with Gasteiger partial charge >= 0.3 is 0 Å². The van der Waals surface area contributed by atoms with Gasteiger partial charge in [0.15, 0.2) is 5.16 Å². The zero-order chi connectivity index (χ0) is 18.1. The lowest BCUT2D eigenvalue weighted by molar-refractivity contribution is -0.121. The number of amides is 1. The number of hydrogen-bond acceptors (Lipinski definition) is 4. The van der Waals surface area contributed by atoms with Crippen LogP contribution in [0.2, 0.25) is 0 Å². The summed E-state index contributed by atoms with van der Waals surface area (Å²) in [5.74, 6) is 0.791. The van der Waals surface area contributed by atoms with E-state index in [1.54, 1.807) is 22.4 Å². The predicted molar refractivity (Wildman–Crippen MR) is 103 cm³/mol. The van der Waals surface area contributed by atoms with Gasteiger partial charge in [-0.05, 0) is 12.8 Å². The maximum atomic E-state index is 12.4. The molecular weight excluding hydrogens is 334 g/mol. The molecule has 0 bridgehead atoms. The summed E-state index contributed by atoms with van der Waals surface area (Å²) < 4.78 is 1.70. The molecule has 0 radical (unpaired) electrons. The van der Waals surface area contributed by atoms with E-state index in [-0.39, 0.29) is 17.5 Å². The van der Waals surface area contributed by atoms with Gasteiger partial charge in [-0.15, -0.1) is 0 Å². The topological polar surface area (TPSA) is 64.0 Å². The first-order chi connectivity index (χ1) is 12.2. The molecule has 2 rings (SSSR count). The zero-order valence-corrected chi connectivity index (χ0v) is 16.4. The largest absolute Gasteiger partial charge is 0.356 e. The summed E-state index contributed by atoms with van der Waals surface area (Å²) in [6.45, 7) is 5.03. The number of aromatic nitrogens is 2. The molecule has 1 aromatic rings. The number of carbonyl (C=O) groups is 1. The van der Waals surface area contributed by atoms with Crippen molar-refractivity contribution in [2.75, 3.05) is 12.3 Å². The lowest BCUT2D eigenvalue weighted by Gasteiger charge is -2.13. The molecule has 1 N–H and O–H groups in total. The molecule has 140 valence electrons. The van der Waals surface area contributed by atoms with E-state index in [2.05, 4.69) is 24.1 Å². The number of hydrogen-bond donors (Lipinski definition) is 1. The average molecular weight is 366 g/mol. The fourth-order valence-electron chi connectivity index (χ4n) is 3.15. The smallest absolute Gasteiger partial charge is 0.254 e. The monoisotopic (exact) mass is 365 g/mol. The van der Waals surface area contributed by atoms with E-state index in [0.29, 0.717) is 6.42 Å². The molecule has 6 heteroatoms. The highest BCUT2D eigenvalue weighted by Crippen LogP contribution is 2.32. The standard InChI is InChI=1S/C19H31N3O2S/c1-3-5-6-7-8-9-11-20-17(23)13-16-14-25-19-21-15(10-4-2)12-18(24)22(16)19/h12,16H,3-11,13-14H2,1-2H3,(H,20,23). The molecule has 0 saturated heterocycles. The molecule has 1 aliphatic heterocycles. The van der Waals surface area contributed by atoms with Crippen molar-refractivity contribution < 1.29 is 4.79 Å². The molecule has 25 heavy (non-hydrogen) atoms. The average Bonchev–Trinajstić information content (AvgIpc) is 2.97. The molecule has 1 aliphatic rings. The van der Waals surface area contributed by atoms with Crippen LogP contribution in [0.15, 0.2) is 16.0 Å². The number of nitrogens with one attached hydrogen (secondary N) is 1. The highest BCUT2D eigenvalue weighted by atomic mass is 32.2. The predicted octanol–water partition coefficient (Wildman–Crippen LogP) is 3.71. The van der Waals surface area contributed by atoms with Crippen molar-refractivity contribution in [2.45, 2.75) is 82.8 Å². The van der Waals surface area contributed by atoms with Crippen LogP contribution < -0.4 is 10.9 Å². The summed E-state index contributed by atoms with van der Waals surface area (Å²) in [7, 11) is 0. The Morgan fingerprint density at radius 1 is 1.24 bits per heavy atom. The molecule has 1 aromatic heterocycles. The molecule has 0 fully saturated rings. The molecule has 1 unspecified atom stereocenters. The minimum Gasteiger partial charge on any atom is -0.356 e. The van der Waals surface area contributed by atoms with Crippen molar-refractivity contribution in [2.24, 2.45) is 0 Å². The van der Waals surface area contributed by atoms with E-state index in [0.717, 1.165) is 42.4 Å². The molecule has 0 aromatic carbocycles. The lowest BCUT2D eigenvalue weighted by atomic mass is 10.1. The van der Waals surface area contributed by atoms with Crippen LogP contribution in [0.1, 0.15) is 76.9 Å². The van der Waals surface area contributed by atoms with Crippen molar-refractivity contribution >= 4 is 17.7 Å². The molecule has 1 atom stereocenters. The fraction of sp³-hybridized carbons (Fsp3) is 0.737. The third-order valence-corrected chi connectivity index (χ3v) is 5.62. The van der Waals surface area contributed by atoms with E-state index >= 15 is 0 Å². The van der Waals surface area contributed by atoms with Crippen molar-refractivity contribution in [3.8, 4) is 0 Å². The maximum absolute atomic E-state index is 12.4. The molecule has 5 nitrogen and oxygen atoms in total. The van der Waals surface area contributed by atoms with Gasteiger partial charge in [0.05, 0.1) is 6.04 Å². The number of carbonyl (C=O) groups excluding carboxylic acids is 1. The summed E-state index contributed by atoms with van der Waals surface area (Å²) in [4.78, 5) is 29.1. The highest BCUT2D eigenvalue weighted by molar-refractivity contribution is 7.99. The molecule has 0 aliphatic carbocycles. The van der Waals surface area contributed by atoms with Gasteiger partial charge in [-0.1, -0.05) is 64.1 Å². The molecule has 0 spiro atoms. The maximum Gasteiger partial charge on any atom is 0.254 e. The Morgan fingerprint density at radius 3 is 2.76 bits per heavy atom. The second kappa shape index (κ2) is 10.6. The van der Waals surface area contributed by atoms with Crippen molar-refractivity contribution in [3.63, 3.8) is 0 Å². The van der Waals surface area contributed by atoms with Crippen LogP contribution in [0.4, 0.5) is 0 Å². The van der Waals surface area contributed by atoms with Gasteiger partial charge in [0.25, 0.3) is 5.56 Å². The van der Waals surface area contributed by atoms with Crippen LogP contribution in [0.5, 0.6) is 0 Å². The number of rotatable bonds is 11. The summed E-state index contributed by atoms with van der Waals surface area (Å²) >= 11 is 1.58. The number of nitrogens with zero attached hydrogens (tertiary/aromatic N) is 2. The van der Waals surface area contributed by atoms with Gasteiger partial charge in [0.2, 0.25) is 5.91 Å². The first-order valence-corrected chi connectivity index (χ1v) is 10.7. The van der Waals surface area contributed by atoms with Crippen LogP contribution in [-0.4, -0.2) is 27.8 Å². The van der Waals surface area contributed by atoms with Gasteiger partial charge < -0.3 is 5.32 Å². The summed E-state index contributed by atoms with van der Waals surface area (Å²) in [5, 5.41) is 3.77. The van der Waals surface area contributed by atoms with Crippen molar-refractivity contribution in [1.29, 1.82) is 0 Å². The third kappa shape index (κ3) is 6.17. The Hall–Kier alpha value is -1.30. The Bertz CT molecular complexity index is 615. The van der Waals surface area contributed by atoms with Gasteiger partial charge in [-0.3, -0.25) is 14.2 Å². The minimum absolute atomic E-state index is 0.0211. The SMILES string of the molecule is CCCCCCCCNC(=O)CC1CSc2nc(CCC)cc(=O)n21. The minimum atomic E-state index is -0.0692. The normalized spacial score (nSPS) is 16.0. The summed E-state index contributed by atoms with van der Waals surface area (Å²) in [6, 6.07) is 1.56. The Morgan fingerprint density at radius 2 is 2.00 bits per heavy atom.